The van der Waals surface area contributed by atoms with Crippen molar-refractivity contribution in [3.8, 4) is 5.75 Å². The summed E-state index contributed by atoms with van der Waals surface area (Å²) in [7, 11) is 0. The van der Waals surface area contributed by atoms with Crippen LogP contribution in [0.2, 0.25) is 0 Å². The Balaban J connectivity index is 2.34. The van der Waals surface area contributed by atoms with E-state index in [1.807, 2.05) is 6.92 Å². The molecule has 0 fully saturated rings. The lowest BCUT2D eigenvalue weighted by atomic mass is 10.3. The summed E-state index contributed by atoms with van der Waals surface area (Å²) in [5, 5.41) is 9.19. The zero-order valence-corrected chi connectivity index (χ0v) is 8.14. The minimum Gasteiger partial charge on any atom is -0.488 e. The van der Waals surface area contributed by atoms with Gasteiger partial charge in [-0.15, -0.1) is 0 Å². The van der Waals surface area contributed by atoms with Crippen LogP contribution in [0.15, 0.2) is 24.3 Å². The highest BCUT2D eigenvalue weighted by Gasteiger charge is 2.03. The molecule has 0 heterocycles. The second-order valence-electron chi connectivity index (χ2n) is 2.79. The summed E-state index contributed by atoms with van der Waals surface area (Å²) >= 11 is 0. The van der Waals surface area contributed by atoms with Crippen molar-refractivity contribution < 1.29 is 14.6 Å². The van der Waals surface area contributed by atoms with E-state index in [1.165, 1.54) is 0 Å². The van der Waals surface area contributed by atoms with E-state index in [0.29, 0.717) is 18.0 Å². The molecule has 0 bridgehead atoms. The van der Waals surface area contributed by atoms with Crippen molar-refractivity contribution in [2.24, 2.45) is 0 Å². The molecule has 1 unspecified atom stereocenters. The summed E-state index contributed by atoms with van der Waals surface area (Å²) in [6, 6.07) is 6.97. The van der Waals surface area contributed by atoms with Gasteiger partial charge in [0.1, 0.15) is 12.4 Å². The smallest absolute Gasteiger partial charge is 0.189 e. The van der Waals surface area contributed by atoms with Crippen LogP contribution in [0, 0.1) is 0 Å². The fraction of sp³-hybridized carbons (Fsp3) is 0.400. The van der Waals surface area contributed by atoms with Gasteiger partial charge in [-0.05, 0) is 31.2 Å². The van der Waals surface area contributed by atoms with Crippen LogP contribution in [0.4, 0.5) is 5.69 Å². The van der Waals surface area contributed by atoms with E-state index in [9.17, 15) is 5.11 Å². The molecule has 0 radical (unpaired) electrons. The molecule has 0 saturated carbocycles. The molecule has 1 atom stereocenters. The van der Waals surface area contributed by atoms with Crippen molar-refractivity contribution in [3.63, 3.8) is 0 Å². The van der Waals surface area contributed by atoms with Gasteiger partial charge >= 0.3 is 0 Å². The maximum atomic E-state index is 9.19. The van der Waals surface area contributed by atoms with Crippen molar-refractivity contribution in [2.75, 3.05) is 18.9 Å². The number of ether oxygens (including phenoxy) is 2. The maximum absolute atomic E-state index is 9.19. The average Bonchev–Trinajstić information content (AvgIpc) is 2.17. The van der Waals surface area contributed by atoms with Gasteiger partial charge in [0, 0.05) is 12.3 Å². The van der Waals surface area contributed by atoms with Crippen molar-refractivity contribution in [1.82, 2.24) is 0 Å². The molecule has 0 aliphatic carbocycles. The predicted octanol–water partition coefficient (Wildman–Crippen LogP) is 1.00. The van der Waals surface area contributed by atoms with Gasteiger partial charge in [-0.3, -0.25) is 0 Å². The molecule has 1 aromatic carbocycles. The maximum Gasteiger partial charge on any atom is 0.189 e. The minimum atomic E-state index is -0.877. The normalized spacial score (nSPS) is 12.4. The SMILES string of the molecule is CCOC(O)COc1ccc(N)cc1. The molecule has 3 N–H and O–H groups in total. The highest BCUT2D eigenvalue weighted by molar-refractivity contribution is 5.41. The second kappa shape index (κ2) is 5.47. The Bertz CT molecular complexity index is 261. The number of nitrogens with two attached hydrogens (primary N) is 1. The van der Waals surface area contributed by atoms with Gasteiger partial charge < -0.3 is 20.3 Å². The van der Waals surface area contributed by atoms with Gasteiger partial charge in [0.05, 0.1) is 0 Å². The van der Waals surface area contributed by atoms with Gasteiger partial charge in [-0.1, -0.05) is 0 Å². The second-order valence-corrected chi connectivity index (χ2v) is 2.79. The van der Waals surface area contributed by atoms with E-state index >= 15 is 0 Å². The van der Waals surface area contributed by atoms with E-state index in [1.54, 1.807) is 24.3 Å². The number of nitrogen functional groups attached to an aromatic ring is 1. The monoisotopic (exact) mass is 197 g/mol. The highest BCUT2D eigenvalue weighted by atomic mass is 16.6. The molecular formula is C10H15NO3. The summed E-state index contributed by atoms with van der Waals surface area (Å²) in [4.78, 5) is 0. The zero-order chi connectivity index (χ0) is 10.4. The third-order valence-corrected chi connectivity index (χ3v) is 1.63. The van der Waals surface area contributed by atoms with E-state index in [-0.39, 0.29) is 6.61 Å². The van der Waals surface area contributed by atoms with Crippen molar-refractivity contribution >= 4 is 5.69 Å². The quantitative estimate of drug-likeness (QED) is 0.546. The number of hydrogen-bond donors (Lipinski definition) is 2. The minimum absolute atomic E-state index is 0.123. The number of hydrogen-bond acceptors (Lipinski definition) is 4. The van der Waals surface area contributed by atoms with E-state index in [4.69, 9.17) is 15.2 Å². The Labute approximate surface area is 83.3 Å². The number of benzene rings is 1. The van der Waals surface area contributed by atoms with E-state index < -0.39 is 6.29 Å². The lowest BCUT2D eigenvalue weighted by Crippen LogP contribution is -2.20. The molecule has 0 amide bonds. The Kier molecular flexibility index (Phi) is 4.22. The Morgan fingerprint density at radius 3 is 2.57 bits per heavy atom. The summed E-state index contributed by atoms with van der Waals surface area (Å²) in [5.74, 6) is 0.665. The average molecular weight is 197 g/mol. The lowest BCUT2D eigenvalue weighted by molar-refractivity contribution is -0.115. The van der Waals surface area contributed by atoms with Gasteiger partial charge in [0.15, 0.2) is 6.29 Å². The molecular weight excluding hydrogens is 182 g/mol. The third kappa shape index (κ3) is 3.64. The molecule has 4 heteroatoms. The summed E-state index contributed by atoms with van der Waals surface area (Å²) in [5.41, 5.74) is 6.18. The molecule has 0 saturated heterocycles. The molecule has 0 aliphatic rings. The summed E-state index contributed by atoms with van der Waals surface area (Å²) in [6.07, 6.45) is -0.877. The molecule has 1 rings (SSSR count). The first-order chi connectivity index (χ1) is 6.72. The van der Waals surface area contributed by atoms with Crippen LogP contribution in [-0.2, 0) is 4.74 Å². The van der Waals surface area contributed by atoms with Crippen LogP contribution in [0.5, 0.6) is 5.75 Å². The van der Waals surface area contributed by atoms with Crippen LogP contribution < -0.4 is 10.5 Å². The topological polar surface area (TPSA) is 64.7 Å². The number of rotatable bonds is 5. The van der Waals surface area contributed by atoms with Crippen LogP contribution in [0.1, 0.15) is 6.92 Å². The van der Waals surface area contributed by atoms with Crippen molar-refractivity contribution in [1.29, 1.82) is 0 Å². The first kappa shape index (κ1) is 10.8. The van der Waals surface area contributed by atoms with E-state index in [2.05, 4.69) is 0 Å². The standard InChI is InChI=1S/C10H15NO3/c1-2-13-10(12)7-14-9-5-3-8(11)4-6-9/h3-6,10,12H,2,7,11H2,1H3. The van der Waals surface area contributed by atoms with Gasteiger partial charge in [-0.2, -0.15) is 0 Å². The van der Waals surface area contributed by atoms with Gasteiger partial charge in [0.25, 0.3) is 0 Å². The number of aliphatic hydroxyl groups excluding tert-OH is 1. The summed E-state index contributed by atoms with van der Waals surface area (Å²) in [6.45, 7) is 2.40. The lowest BCUT2D eigenvalue weighted by Gasteiger charge is -2.11. The molecule has 4 nitrogen and oxygen atoms in total. The molecule has 78 valence electrons. The Hall–Kier alpha value is -1.26. The van der Waals surface area contributed by atoms with Crippen LogP contribution in [0.25, 0.3) is 0 Å². The fourth-order valence-electron chi connectivity index (χ4n) is 0.972. The highest BCUT2D eigenvalue weighted by Crippen LogP contribution is 2.13. The predicted molar refractivity (Wildman–Crippen MR) is 54.0 cm³/mol. The summed E-state index contributed by atoms with van der Waals surface area (Å²) < 4.78 is 10.1. The van der Waals surface area contributed by atoms with Crippen molar-refractivity contribution in [2.45, 2.75) is 13.2 Å². The molecule has 1 aromatic rings. The zero-order valence-electron chi connectivity index (χ0n) is 8.14. The Morgan fingerprint density at radius 1 is 1.36 bits per heavy atom. The van der Waals surface area contributed by atoms with Crippen molar-refractivity contribution in [3.05, 3.63) is 24.3 Å². The number of aliphatic hydroxyl groups is 1. The largest absolute Gasteiger partial charge is 0.488 e. The van der Waals surface area contributed by atoms with Crippen LogP contribution in [0.3, 0.4) is 0 Å². The molecule has 0 spiro atoms. The molecule has 14 heavy (non-hydrogen) atoms. The molecule has 0 aliphatic heterocycles. The van der Waals surface area contributed by atoms with Gasteiger partial charge in [0.2, 0.25) is 0 Å². The Morgan fingerprint density at radius 2 is 2.00 bits per heavy atom. The van der Waals surface area contributed by atoms with E-state index in [0.717, 1.165) is 0 Å². The fourth-order valence-corrected chi connectivity index (χ4v) is 0.972. The van der Waals surface area contributed by atoms with Crippen LogP contribution in [-0.4, -0.2) is 24.6 Å². The first-order valence-electron chi connectivity index (χ1n) is 4.50. The van der Waals surface area contributed by atoms with Crippen LogP contribution >= 0.6 is 0 Å². The van der Waals surface area contributed by atoms with Gasteiger partial charge in [-0.25, -0.2) is 0 Å². The number of anilines is 1. The first-order valence-corrected chi connectivity index (χ1v) is 4.50. The molecule has 0 aromatic heterocycles. The third-order valence-electron chi connectivity index (χ3n) is 1.63.